The predicted octanol–water partition coefficient (Wildman–Crippen LogP) is 2.61. The summed E-state index contributed by atoms with van der Waals surface area (Å²) in [6.45, 7) is 3.21. The highest BCUT2D eigenvalue weighted by molar-refractivity contribution is 14.0. The Balaban J connectivity index is 0.00000225. The van der Waals surface area contributed by atoms with E-state index in [2.05, 4.69) is 38.1 Å². The fraction of sp³-hybridized carbons (Fsp3) is 0.444. The molecule has 25 heavy (non-hydrogen) atoms. The molecular weight excluding hydrogens is 429 g/mol. The van der Waals surface area contributed by atoms with Gasteiger partial charge in [0.15, 0.2) is 5.96 Å². The van der Waals surface area contributed by atoms with Gasteiger partial charge in [0.25, 0.3) is 0 Å². The molecular formula is C18H26IN5O. The van der Waals surface area contributed by atoms with Crippen LogP contribution in [-0.4, -0.2) is 50.3 Å². The molecule has 7 heteroatoms. The van der Waals surface area contributed by atoms with E-state index >= 15 is 0 Å². The number of nitrogens with zero attached hydrogens (tertiary/aromatic N) is 2. The van der Waals surface area contributed by atoms with Crippen molar-refractivity contribution < 1.29 is 4.74 Å². The Morgan fingerprint density at radius 1 is 1.20 bits per heavy atom. The highest BCUT2D eigenvalue weighted by Crippen LogP contribution is 2.14. The molecule has 6 nitrogen and oxygen atoms in total. The van der Waals surface area contributed by atoms with Crippen LogP contribution in [0.5, 0.6) is 0 Å². The van der Waals surface area contributed by atoms with Crippen LogP contribution in [0, 0.1) is 0 Å². The van der Waals surface area contributed by atoms with Gasteiger partial charge in [-0.1, -0.05) is 18.2 Å². The van der Waals surface area contributed by atoms with Gasteiger partial charge in [-0.2, -0.15) is 0 Å². The highest BCUT2D eigenvalue weighted by atomic mass is 127. The molecule has 1 aromatic heterocycles. The van der Waals surface area contributed by atoms with Crippen molar-refractivity contribution in [2.45, 2.75) is 18.9 Å². The summed E-state index contributed by atoms with van der Waals surface area (Å²) in [5.74, 6) is 1.69. The summed E-state index contributed by atoms with van der Waals surface area (Å²) in [7, 11) is 1.78. The Morgan fingerprint density at radius 2 is 2.08 bits per heavy atom. The van der Waals surface area contributed by atoms with Gasteiger partial charge >= 0.3 is 0 Å². The molecule has 1 fully saturated rings. The summed E-state index contributed by atoms with van der Waals surface area (Å²) in [5.41, 5.74) is 1.00. The van der Waals surface area contributed by atoms with E-state index < -0.39 is 0 Å². The van der Waals surface area contributed by atoms with E-state index in [0.717, 1.165) is 61.8 Å². The van der Waals surface area contributed by atoms with Crippen molar-refractivity contribution in [3.8, 4) is 0 Å². The second kappa shape index (κ2) is 10.4. The van der Waals surface area contributed by atoms with E-state index in [4.69, 9.17) is 4.74 Å². The van der Waals surface area contributed by atoms with Crippen molar-refractivity contribution in [2.24, 2.45) is 4.99 Å². The fourth-order valence-corrected chi connectivity index (χ4v) is 2.77. The second-order valence-corrected chi connectivity index (χ2v) is 5.83. The van der Waals surface area contributed by atoms with Crippen LogP contribution in [0.2, 0.25) is 0 Å². The lowest BCUT2D eigenvalue weighted by Gasteiger charge is -2.15. The molecule has 3 N–H and O–H groups in total. The summed E-state index contributed by atoms with van der Waals surface area (Å²) < 4.78 is 5.60. The number of aliphatic imine (C=N–C) groups is 1. The van der Waals surface area contributed by atoms with Crippen molar-refractivity contribution in [3.63, 3.8) is 0 Å². The summed E-state index contributed by atoms with van der Waals surface area (Å²) in [4.78, 5) is 8.83. The van der Waals surface area contributed by atoms with E-state index in [0.29, 0.717) is 6.10 Å². The Labute approximate surface area is 165 Å². The van der Waals surface area contributed by atoms with Crippen LogP contribution in [0.4, 0.5) is 5.82 Å². The minimum atomic E-state index is 0. The number of halogens is 1. The lowest BCUT2D eigenvalue weighted by atomic mass is 10.2. The second-order valence-electron chi connectivity index (χ2n) is 5.83. The number of aromatic nitrogens is 1. The average Bonchev–Trinajstić information content (AvgIpc) is 3.14. The van der Waals surface area contributed by atoms with E-state index in [1.165, 1.54) is 0 Å². The van der Waals surface area contributed by atoms with E-state index in [1.54, 1.807) is 7.05 Å². The number of hydrogen-bond donors (Lipinski definition) is 3. The zero-order valence-electron chi connectivity index (χ0n) is 14.5. The van der Waals surface area contributed by atoms with Crippen LogP contribution in [0.15, 0.2) is 41.4 Å². The minimum Gasteiger partial charge on any atom is -0.376 e. The first-order valence-electron chi connectivity index (χ1n) is 8.51. The standard InChI is InChI=1S/C18H25N5O.HI/c1-19-18(22-13-15-6-4-12-24-15)21-11-10-20-17-9-8-14-5-2-3-7-16(14)23-17;/h2-3,5,7-9,15H,4,6,10-13H2,1H3,(H,20,23)(H2,19,21,22);1H. The molecule has 2 aromatic rings. The van der Waals surface area contributed by atoms with E-state index in [-0.39, 0.29) is 24.0 Å². The third kappa shape index (κ3) is 6.00. The normalized spacial score (nSPS) is 17.2. The Morgan fingerprint density at radius 3 is 2.88 bits per heavy atom. The van der Waals surface area contributed by atoms with Gasteiger partial charge in [-0.05, 0) is 31.0 Å². The molecule has 1 aromatic carbocycles. The predicted molar refractivity (Wildman–Crippen MR) is 114 cm³/mol. The first-order valence-corrected chi connectivity index (χ1v) is 8.51. The van der Waals surface area contributed by atoms with Crippen molar-refractivity contribution >= 4 is 46.7 Å². The molecule has 0 bridgehead atoms. The third-order valence-electron chi connectivity index (χ3n) is 4.07. The number of rotatable bonds is 6. The first-order chi connectivity index (χ1) is 11.8. The van der Waals surface area contributed by atoms with Gasteiger partial charge in [0.1, 0.15) is 5.82 Å². The van der Waals surface area contributed by atoms with Gasteiger partial charge in [-0.15, -0.1) is 24.0 Å². The van der Waals surface area contributed by atoms with Gasteiger partial charge in [-0.25, -0.2) is 4.98 Å². The van der Waals surface area contributed by atoms with Crippen LogP contribution in [0.1, 0.15) is 12.8 Å². The number of para-hydroxylation sites is 1. The molecule has 0 aliphatic carbocycles. The summed E-state index contributed by atoms with van der Waals surface area (Å²) in [6.07, 6.45) is 2.59. The molecule has 1 saturated heterocycles. The Hall–Kier alpha value is -1.61. The molecule has 0 saturated carbocycles. The van der Waals surface area contributed by atoms with Gasteiger partial charge < -0.3 is 20.7 Å². The zero-order chi connectivity index (χ0) is 16.6. The number of fused-ring (bicyclic) bond motifs is 1. The lowest BCUT2D eigenvalue weighted by molar-refractivity contribution is 0.114. The molecule has 1 unspecified atom stereocenters. The fourth-order valence-electron chi connectivity index (χ4n) is 2.77. The van der Waals surface area contributed by atoms with Crippen LogP contribution in [-0.2, 0) is 4.74 Å². The number of benzene rings is 1. The summed E-state index contributed by atoms with van der Waals surface area (Å²) in [6, 6.07) is 12.2. The molecule has 1 aliphatic rings. The van der Waals surface area contributed by atoms with E-state index in [1.807, 2.05) is 24.3 Å². The molecule has 136 valence electrons. The summed E-state index contributed by atoms with van der Waals surface area (Å²) >= 11 is 0. The number of ether oxygens (including phenoxy) is 1. The maximum atomic E-state index is 5.60. The Kier molecular flexibility index (Phi) is 8.20. The molecule has 2 heterocycles. The average molecular weight is 455 g/mol. The van der Waals surface area contributed by atoms with Crippen LogP contribution >= 0.6 is 24.0 Å². The number of pyridine rings is 1. The molecule has 0 amide bonds. The maximum Gasteiger partial charge on any atom is 0.191 e. The monoisotopic (exact) mass is 455 g/mol. The van der Waals surface area contributed by atoms with Crippen molar-refractivity contribution in [2.75, 3.05) is 38.6 Å². The number of anilines is 1. The molecule has 0 spiro atoms. The lowest BCUT2D eigenvalue weighted by Crippen LogP contribution is -2.42. The SMILES string of the molecule is CN=C(NCCNc1ccc2ccccc2n1)NCC1CCCO1.I. The molecule has 1 atom stereocenters. The highest BCUT2D eigenvalue weighted by Gasteiger charge is 2.15. The van der Waals surface area contributed by atoms with Crippen LogP contribution in [0.25, 0.3) is 10.9 Å². The number of nitrogens with one attached hydrogen (secondary N) is 3. The first kappa shape index (κ1) is 19.7. The summed E-state index contributed by atoms with van der Waals surface area (Å²) in [5, 5.41) is 11.1. The Bertz CT molecular complexity index is 688. The molecule has 3 rings (SSSR count). The van der Waals surface area contributed by atoms with Gasteiger partial charge in [-0.3, -0.25) is 4.99 Å². The molecule has 1 aliphatic heterocycles. The van der Waals surface area contributed by atoms with Crippen LogP contribution in [0.3, 0.4) is 0 Å². The molecule has 0 radical (unpaired) electrons. The number of guanidine groups is 1. The maximum absolute atomic E-state index is 5.60. The van der Waals surface area contributed by atoms with Gasteiger partial charge in [0.2, 0.25) is 0 Å². The topological polar surface area (TPSA) is 70.6 Å². The van der Waals surface area contributed by atoms with Gasteiger partial charge in [0.05, 0.1) is 11.6 Å². The van der Waals surface area contributed by atoms with Crippen LogP contribution < -0.4 is 16.0 Å². The van der Waals surface area contributed by atoms with Crippen molar-refractivity contribution in [1.29, 1.82) is 0 Å². The smallest absolute Gasteiger partial charge is 0.191 e. The third-order valence-corrected chi connectivity index (χ3v) is 4.07. The largest absolute Gasteiger partial charge is 0.376 e. The zero-order valence-corrected chi connectivity index (χ0v) is 16.8. The van der Waals surface area contributed by atoms with Gasteiger partial charge in [0, 0.05) is 38.7 Å². The van der Waals surface area contributed by atoms with Crippen molar-refractivity contribution in [3.05, 3.63) is 36.4 Å². The van der Waals surface area contributed by atoms with Crippen molar-refractivity contribution in [1.82, 2.24) is 15.6 Å². The number of hydrogen-bond acceptors (Lipinski definition) is 4. The van der Waals surface area contributed by atoms with E-state index in [9.17, 15) is 0 Å². The minimum absolute atomic E-state index is 0. The quantitative estimate of drug-likeness (QED) is 0.271.